The first-order chi connectivity index (χ1) is 10.2. The maximum atomic E-state index is 11.0. The molecule has 5 heteroatoms. The number of hydrogen-bond acceptors (Lipinski definition) is 5. The fourth-order valence-corrected chi connectivity index (χ4v) is 2.98. The maximum absolute atomic E-state index is 11.0. The van der Waals surface area contributed by atoms with E-state index in [4.69, 9.17) is 9.15 Å². The molecule has 2 heterocycles. The number of fused-ring (bicyclic) bond motifs is 1. The summed E-state index contributed by atoms with van der Waals surface area (Å²) in [5.74, 6) is -0.827. The number of furan rings is 1. The van der Waals surface area contributed by atoms with Gasteiger partial charge < -0.3 is 19.6 Å². The maximum Gasteiger partial charge on any atom is 0.237 e. The van der Waals surface area contributed by atoms with Crippen LogP contribution >= 0.6 is 11.3 Å². The molecular weight excluding hydrogens is 286 g/mol. The summed E-state index contributed by atoms with van der Waals surface area (Å²) < 4.78 is 11.4. The van der Waals surface area contributed by atoms with Gasteiger partial charge in [0.2, 0.25) is 5.79 Å². The number of thiophene rings is 1. The molecule has 0 amide bonds. The van der Waals surface area contributed by atoms with Gasteiger partial charge in [0.05, 0.1) is 6.26 Å². The van der Waals surface area contributed by atoms with Gasteiger partial charge in [0.25, 0.3) is 0 Å². The quantitative estimate of drug-likeness (QED) is 0.686. The molecule has 0 aliphatic rings. The molecule has 0 bridgehead atoms. The van der Waals surface area contributed by atoms with Crippen LogP contribution in [0.5, 0.6) is 5.75 Å². The van der Waals surface area contributed by atoms with E-state index in [0.717, 1.165) is 10.9 Å². The van der Waals surface area contributed by atoms with Crippen molar-refractivity contribution in [3.8, 4) is 5.75 Å². The summed E-state index contributed by atoms with van der Waals surface area (Å²) in [6.07, 6.45) is 2.06. The Labute approximate surface area is 127 Å². The van der Waals surface area contributed by atoms with E-state index in [0.29, 0.717) is 24.3 Å². The first-order valence-corrected chi connectivity index (χ1v) is 7.72. The van der Waals surface area contributed by atoms with Gasteiger partial charge in [-0.15, -0.1) is 0 Å². The highest BCUT2D eigenvalue weighted by Gasteiger charge is 2.32. The third-order valence-electron chi connectivity index (χ3n) is 3.41. The number of aliphatic hydroxyl groups is 1. The van der Waals surface area contributed by atoms with Crippen molar-refractivity contribution in [3.63, 3.8) is 0 Å². The molecule has 0 spiro atoms. The zero-order chi connectivity index (χ0) is 14.7. The van der Waals surface area contributed by atoms with Crippen LogP contribution in [0, 0.1) is 0 Å². The predicted octanol–water partition coefficient (Wildman–Crippen LogP) is 3.33. The van der Waals surface area contributed by atoms with E-state index in [1.165, 1.54) is 11.3 Å². The molecule has 1 unspecified atom stereocenters. The third kappa shape index (κ3) is 2.81. The molecule has 3 rings (SSSR count). The first kappa shape index (κ1) is 14.1. The van der Waals surface area contributed by atoms with Gasteiger partial charge in [0.1, 0.15) is 0 Å². The van der Waals surface area contributed by atoms with Gasteiger partial charge in [0, 0.05) is 29.3 Å². The van der Waals surface area contributed by atoms with Crippen molar-refractivity contribution in [2.24, 2.45) is 0 Å². The summed E-state index contributed by atoms with van der Waals surface area (Å²) in [6.45, 7) is 0.639. The Morgan fingerprint density at radius 1 is 1.33 bits per heavy atom. The van der Waals surface area contributed by atoms with Gasteiger partial charge in [-0.05, 0) is 30.6 Å². The average molecular weight is 303 g/mol. The first-order valence-electron chi connectivity index (χ1n) is 6.78. The van der Waals surface area contributed by atoms with Gasteiger partial charge in [-0.3, -0.25) is 0 Å². The van der Waals surface area contributed by atoms with Gasteiger partial charge >= 0.3 is 0 Å². The smallest absolute Gasteiger partial charge is 0.237 e. The summed E-state index contributed by atoms with van der Waals surface area (Å²) in [4.78, 5) is 0. The monoisotopic (exact) mass is 303 g/mol. The molecule has 1 atom stereocenters. The molecule has 21 heavy (non-hydrogen) atoms. The second-order valence-electron chi connectivity index (χ2n) is 4.85. The minimum Gasteiger partial charge on any atom is -0.460 e. The van der Waals surface area contributed by atoms with Crippen LogP contribution in [0.15, 0.2) is 51.8 Å². The van der Waals surface area contributed by atoms with Crippen molar-refractivity contribution < 1.29 is 14.3 Å². The van der Waals surface area contributed by atoms with Gasteiger partial charge in [-0.1, -0.05) is 12.1 Å². The molecule has 0 fully saturated rings. The number of para-hydroxylation sites is 1. The van der Waals surface area contributed by atoms with Crippen LogP contribution < -0.4 is 10.1 Å². The molecule has 2 N–H and O–H groups in total. The van der Waals surface area contributed by atoms with Crippen molar-refractivity contribution in [3.05, 3.63) is 52.9 Å². The Hall–Kier alpha value is -1.82. The van der Waals surface area contributed by atoms with Crippen LogP contribution in [-0.2, 0) is 5.79 Å². The van der Waals surface area contributed by atoms with Crippen LogP contribution in [0.3, 0.4) is 0 Å². The molecule has 110 valence electrons. The lowest BCUT2D eigenvalue weighted by molar-refractivity contribution is -0.149. The van der Waals surface area contributed by atoms with Crippen LogP contribution in [0.4, 0.5) is 0 Å². The van der Waals surface area contributed by atoms with Gasteiger partial charge in [-0.25, -0.2) is 0 Å². The SMILES string of the molecule is CNCCC(O)(Oc1cccc2ccoc12)c1ccsc1. The zero-order valence-electron chi connectivity index (χ0n) is 11.7. The summed E-state index contributed by atoms with van der Waals surface area (Å²) in [5.41, 5.74) is 1.40. The second kappa shape index (κ2) is 5.89. The van der Waals surface area contributed by atoms with Crippen LogP contribution in [-0.4, -0.2) is 18.7 Å². The van der Waals surface area contributed by atoms with Crippen molar-refractivity contribution in [1.29, 1.82) is 0 Å². The van der Waals surface area contributed by atoms with E-state index in [9.17, 15) is 5.11 Å². The molecule has 0 saturated heterocycles. The van der Waals surface area contributed by atoms with E-state index >= 15 is 0 Å². The second-order valence-corrected chi connectivity index (χ2v) is 5.63. The summed E-state index contributed by atoms with van der Waals surface area (Å²) >= 11 is 1.53. The summed E-state index contributed by atoms with van der Waals surface area (Å²) in [5, 5.41) is 18.8. The molecule has 0 saturated carbocycles. The highest BCUT2D eigenvalue weighted by Crippen LogP contribution is 2.34. The van der Waals surface area contributed by atoms with Gasteiger partial charge in [-0.2, -0.15) is 11.3 Å². The summed E-state index contributed by atoms with van der Waals surface area (Å²) in [7, 11) is 1.85. The van der Waals surface area contributed by atoms with Crippen molar-refractivity contribution in [1.82, 2.24) is 5.32 Å². The Morgan fingerprint density at radius 3 is 3.00 bits per heavy atom. The highest BCUT2D eigenvalue weighted by atomic mass is 32.1. The predicted molar refractivity (Wildman–Crippen MR) is 83.6 cm³/mol. The largest absolute Gasteiger partial charge is 0.460 e. The molecule has 0 aliphatic heterocycles. The Bertz CT molecular complexity index is 707. The molecule has 4 nitrogen and oxygen atoms in total. The minimum absolute atomic E-state index is 0.442. The lowest BCUT2D eigenvalue weighted by atomic mass is 10.1. The summed E-state index contributed by atoms with van der Waals surface area (Å²) in [6, 6.07) is 9.40. The lowest BCUT2D eigenvalue weighted by Crippen LogP contribution is -2.35. The highest BCUT2D eigenvalue weighted by molar-refractivity contribution is 7.08. The normalized spacial score (nSPS) is 14.2. The topological polar surface area (TPSA) is 54.6 Å². The third-order valence-corrected chi connectivity index (χ3v) is 4.09. The lowest BCUT2D eigenvalue weighted by Gasteiger charge is -2.28. The average Bonchev–Trinajstić information content (AvgIpc) is 3.16. The van der Waals surface area contributed by atoms with Crippen LogP contribution in [0.2, 0.25) is 0 Å². The fraction of sp³-hybridized carbons (Fsp3) is 0.250. The molecule has 0 radical (unpaired) electrons. The fourth-order valence-electron chi connectivity index (χ4n) is 2.26. The van der Waals surface area contributed by atoms with Crippen LogP contribution in [0.25, 0.3) is 11.0 Å². The Kier molecular flexibility index (Phi) is 3.96. The number of benzene rings is 1. The Morgan fingerprint density at radius 2 is 2.24 bits per heavy atom. The molecule has 1 aromatic carbocycles. The van der Waals surface area contributed by atoms with Crippen molar-refractivity contribution >= 4 is 22.3 Å². The van der Waals surface area contributed by atoms with E-state index in [2.05, 4.69) is 5.32 Å². The number of hydrogen-bond donors (Lipinski definition) is 2. The number of rotatable bonds is 6. The van der Waals surface area contributed by atoms with Gasteiger partial charge in [0.15, 0.2) is 11.3 Å². The van der Waals surface area contributed by atoms with E-state index in [1.807, 2.05) is 48.1 Å². The Balaban J connectivity index is 1.96. The van der Waals surface area contributed by atoms with E-state index < -0.39 is 5.79 Å². The standard InChI is InChI=1S/C16H17NO3S/c1-17-8-7-16(18,13-6-10-21-11-13)20-14-4-2-3-12-5-9-19-15(12)14/h2-6,9-11,17-18H,7-8H2,1H3. The number of nitrogens with one attached hydrogen (secondary N) is 1. The van der Waals surface area contributed by atoms with E-state index in [1.54, 1.807) is 6.26 Å². The molecular formula is C16H17NO3S. The molecule has 2 aromatic heterocycles. The number of ether oxygens (including phenoxy) is 1. The zero-order valence-corrected chi connectivity index (χ0v) is 12.5. The molecule has 3 aromatic rings. The molecule has 0 aliphatic carbocycles. The minimum atomic E-state index is -1.37. The van der Waals surface area contributed by atoms with E-state index in [-0.39, 0.29) is 0 Å². The van der Waals surface area contributed by atoms with Crippen molar-refractivity contribution in [2.45, 2.75) is 12.2 Å². The van der Waals surface area contributed by atoms with Crippen molar-refractivity contribution in [2.75, 3.05) is 13.6 Å². The van der Waals surface area contributed by atoms with Crippen LogP contribution in [0.1, 0.15) is 12.0 Å².